The first-order chi connectivity index (χ1) is 12.3. The first-order valence-electron chi connectivity index (χ1n) is 8.39. The highest BCUT2D eigenvalue weighted by atomic mass is 32.2. The van der Waals surface area contributed by atoms with Crippen LogP contribution in [0.1, 0.15) is 25.8 Å². The minimum atomic E-state index is -3.59. The van der Waals surface area contributed by atoms with Crippen molar-refractivity contribution in [1.29, 1.82) is 0 Å². The molecular formula is C19H24N2O4S. The largest absolute Gasteiger partial charge is 0.383 e. The molecular weight excluding hydrogens is 352 g/mol. The van der Waals surface area contributed by atoms with Gasteiger partial charge in [0.05, 0.1) is 6.26 Å². The van der Waals surface area contributed by atoms with Crippen LogP contribution in [-0.4, -0.2) is 31.6 Å². The minimum Gasteiger partial charge on any atom is -0.383 e. The van der Waals surface area contributed by atoms with Gasteiger partial charge in [-0.25, -0.2) is 4.79 Å². The second-order valence-corrected chi connectivity index (χ2v) is 7.69. The Kier molecular flexibility index (Phi) is 6.63. The summed E-state index contributed by atoms with van der Waals surface area (Å²) in [7, 11) is -3.59. The average molecular weight is 376 g/mol. The molecule has 1 unspecified atom stereocenters. The van der Waals surface area contributed by atoms with E-state index in [0.29, 0.717) is 6.54 Å². The number of urea groups is 1. The molecule has 0 radical (unpaired) electrons. The molecule has 0 saturated heterocycles. The van der Waals surface area contributed by atoms with Crippen LogP contribution >= 0.6 is 0 Å². The number of hydrogen-bond acceptors (Lipinski definition) is 4. The smallest absolute Gasteiger partial charge is 0.322 e. The van der Waals surface area contributed by atoms with E-state index >= 15 is 0 Å². The van der Waals surface area contributed by atoms with Crippen molar-refractivity contribution in [3.63, 3.8) is 0 Å². The van der Waals surface area contributed by atoms with E-state index in [4.69, 9.17) is 4.18 Å². The molecule has 2 aromatic carbocycles. The molecule has 0 heterocycles. The summed E-state index contributed by atoms with van der Waals surface area (Å²) < 4.78 is 27.5. The number of nitrogens with zero attached hydrogens (tertiary/aromatic N) is 1. The number of rotatable bonds is 7. The molecule has 2 amide bonds. The molecule has 26 heavy (non-hydrogen) atoms. The molecule has 0 aliphatic rings. The summed E-state index contributed by atoms with van der Waals surface area (Å²) in [6.45, 7) is 4.33. The number of benzene rings is 2. The SMILES string of the molecule is CCC(C)N(Cc1cccc(OS(C)(=O)=O)c1)C(=O)Nc1ccccc1. The van der Waals surface area contributed by atoms with Gasteiger partial charge in [0, 0.05) is 18.3 Å². The van der Waals surface area contributed by atoms with Crippen LogP contribution in [0.5, 0.6) is 5.75 Å². The summed E-state index contributed by atoms with van der Waals surface area (Å²) in [5.74, 6) is 0.234. The van der Waals surface area contributed by atoms with Crippen LogP contribution in [0.15, 0.2) is 54.6 Å². The summed E-state index contributed by atoms with van der Waals surface area (Å²) in [5.41, 5.74) is 1.51. The molecule has 2 rings (SSSR count). The highest BCUT2D eigenvalue weighted by Crippen LogP contribution is 2.19. The van der Waals surface area contributed by atoms with Gasteiger partial charge in [0.15, 0.2) is 0 Å². The molecule has 0 aliphatic carbocycles. The molecule has 0 fully saturated rings. The number of anilines is 1. The number of carbonyl (C=O) groups is 1. The van der Waals surface area contributed by atoms with Crippen molar-refractivity contribution in [2.75, 3.05) is 11.6 Å². The highest BCUT2D eigenvalue weighted by molar-refractivity contribution is 7.86. The lowest BCUT2D eigenvalue weighted by Gasteiger charge is -2.29. The van der Waals surface area contributed by atoms with Crippen molar-refractivity contribution in [3.8, 4) is 5.75 Å². The topological polar surface area (TPSA) is 75.7 Å². The highest BCUT2D eigenvalue weighted by Gasteiger charge is 2.20. The fourth-order valence-electron chi connectivity index (χ4n) is 2.43. The zero-order valence-corrected chi connectivity index (χ0v) is 16.0. The van der Waals surface area contributed by atoms with E-state index in [1.807, 2.05) is 50.2 Å². The summed E-state index contributed by atoms with van der Waals surface area (Å²) in [6.07, 6.45) is 1.79. The van der Waals surface area contributed by atoms with Gasteiger partial charge >= 0.3 is 16.1 Å². The van der Waals surface area contributed by atoms with Crippen LogP contribution in [0, 0.1) is 0 Å². The average Bonchev–Trinajstić information content (AvgIpc) is 2.58. The Bertz CT molecular complexity index is 838. The Morgan fingerprint density at radius 2 is 1.85 bits per heavy atom. The van der Waals surface area contributed by atoms with E-state index < -0.39 is 10.1 Å². The number of nitrogens with one attached hydrogen (secondary N) is 1. The lowest BCUT2D eigenvalue weighted by molar-refractivity contribution is 0.187. The first-order valence-corrected chi connectivity index (χ1v) is 10.2. The van der Waals surface area contributed by atoms with Crippen LogP contribution in [0.2, 0.25) is 0 Å². The van der Waals surface area contributed by atoms with Crippen molar-refractivity contribution < 1.29 is 17.4 Å². The van der Waals surface area contributed by atoms with Crippen LogP contribution in [0.4, 0.5) is 10.5 Å². The van der Waals surface area contributed by atoms with Crippen LogP contribution in [-0.2, 0) is 16.7 Å². The van der Waals surface area contributed by atoms with E-state index in [0.717, 1.165) is 23.9 Å². The fourth-order valence-corrected chi connectivity index (χ4v) is 2.89. The third-order valence-electron chi connectivity index (χ3n) is 3.91. The van der Waals surface area contributed by atoms with Crippen molar-refractivity contribution in [2.24, 2.45) is 0 Å². The van der Waals surface area contributed by atoms with Gasteiger partial charge in [-0.05, 0) is 43.2 Å². The molecule has 7 heteroatoms. The second-order valence-electron chi connectivity index (χ2n) is 6.12. The van der Waals surface area contributed by atoms with Gasteiger partial charge in [-0.3, -0.25) is 0 Å². The maximum absolute atomic E-state index is 12.7. The van der Waals surface area contributed by atoms with Crippen LogP contribution in [0.3, 0.4) is 0 Å². The predicted molar refractivity (Wildman–Crippen MR) is 103 cm³/mol. The van der Waals surface area contributed by atoms with Gasteiger partial charge in [-0.15, -0.1) is 0 Å². The predicted octanol–water partition coefficient (Wildman–Crippen LogP) is 3.86. The van der Waals surface area contributed by atoms with Gasteiger partial charge < -0.3 is 14.4 Å². The fraction of sp³-hybridized carbons (Fsp3) is 0.316. The molecule has 0 aromatic heterocycles. The molecule has 6 nitrogen and oxygen atoms in total. The lowest BCUT2D eigenvalue weighted by atomic mass is 10.1. The Labute approximate surface area is 154 Å². The number of hydrogen-bond donors (Lipinski definition) is 1. The summed E-state index contributed by atoms with van der Waals surface area (Å²) in [5, 5.41) is 2.89. The van der Waals surface area contributed by atoms with E-state index in [2.05, 4.69) is 5.32 Å². The van der Waals surface area contributed by atoms with E-state index in [1.54, 1.807) is 23.1 Å². The van der Waals surface area contributed by atoms with Gasteiger partial charge in [-0.2, -0.15) is 8.42 Å². The molecule has 0 bridgehead atoms. The summed E-state index contributed by atoms with van der Waals surface area (Å²) in [6, 6.07) is 15.8. The standard InChI is InChI=1S/C19H24N2O4S/c1-4-15(2)21(19(22)20-17-10-6-5-7-11-17)14-16-9-8-12-18(13-16)25-26(3,23)24/h5-13,15H,4,14H2,1-3H3,(H,20,22). The Balaban J connectivity index is 2.17. The summed E-state index contributed by atoms with van der Waals surface area (Å²) in [4.78, 5) is 14.4. The molecule has 140 valence electrons. The molecule has 0 spiro atoms. The van der Waals surface area contributed by atoms with Gasteiger partial charge in [0.2, 0.25) is 0 Å². The van der Waals surface area contributed by atoms with Crippen molar-refractivity contribution >= 4 is 21.8 Å². The van der Waals surface area contributed by atoms with E-state index in [-0.39, 0.29) is 17.8 Å². The number of amides is 2. The van der Waals surface area contributed by atoms with Gasteiger partial charge in [0.1, 0.15) is 5.75 Å². The van der Waals surface area contributed by atoms with Crippen molar-refractivity contribution in [1.82, 2.24) is 4.90 Å². The maximum atomic E-state index is 12.7. The van der Waals surface area contributed by atoms with Gasteiger partial charge in [-0.1, -0.05) is 37.3 Å². The molecule has 0 saturated carbocycles. The monoisotopic (exact) mass is 376 g/mol. The molecule has 0 aliphatic heterocycles. The maximum Gasteiger partial charge on any atom is 0.322 e. The number of para-hydroxylation sites is 1. The summed E-state index contributed by atoms with van der Waals surface area (Å²) >= 11 is 0. The second kappa shape index (κ2) is 8.71. The lowest BCUT2D eigenvalue weighted by Crippen LogP contribution is -2.40. The molecule has 1 atom stereocenters. The van der Waals surface area contributed by atoms with Crippen molar-refractivity contribution in [2.45, 2.75) is 32.9 Å². The zero-order valence-electron chi connectivity index (χ0n) is 15.2. The first kappa shape index (κ1) is 19.8. The Hall–Kier alpha value is -2.54. The Morgan fingerprint density at radius 3 is 2.46 bits per heavy atom. The van der Waals surface area contributed by atoms with E-state index in [9.17, 15) is 13.2 Å². The van der Waals surface area contributed by atoms with Gasteiger partial charge in [0.25, 0.3) is 0 Å². The Morgan fingerprint density at radius 1 is 1.15 bits per heavy atom. The molecule has 1 N–H and O–H groups in total. The van der Waals surface area contributed by atoms with Crippen LogP contribution < -0.4 is 9.50 Å². The number of carbonyl (C=O) groups excluding carboxylic acids is 1. The van der Waals surface area contributed by atoms with E-state index in [1.165, 1.54) is 0 Å². The quantitative estimate of drug-likeness (QED) is 0.745. The third-order valence-corrected chi connectivity index (χ3v) is 4.40. The van der Waals surface area contributed by atoms with Crippen molar-refractivity contribution in [3.05, 3.63) is 60.2 Å². The normalized spacial score (nSPS) is 12.3. The minimum absolute atomic E-state index is 0.0122. The third kappa shape index (κ3) is 6.07. The van der Waals surface area contributed by atoms with Crippen LogP contribution in [0.25, 0.3) is 0 Å². The zero-order chi connectivity index (χ0) is 19.2. The molecule has 2 aromatic rings.